The number of ether oxygens (including phenoxy) is 1. The van der Waals surface area contributed by atoms with E-state index < -0.39 is 11.8 Å². The van der Waals surface area contributed by atoms with E-state index in [1.165, 1.54) is 12.8 Å². The van der Waals surface area contributed by atoms with Crippen molar-refractivity contribution in [1.29, 1.82) is 0 Å². The summed E-state index contributed by atoms with van der Waals surface area (Å²) in [6.07, 6.45) is 5.65. The molecule has 5 rings (SSSR count). The number of piperidine rings is 1. The van der Waals surface area contributed by atoms with E-state index in [-0.39, 0.29) is 23.2 Å². The Hall–Kier alpha value is -2.86. The van der Waals surface area contributed by atoms with Gasteiger partial charge >= 0.3 is 0 Å². The van der Waals surface area contributed by atoms with Gasteiger partial charge in [-0.15, -0.1) is 0 Å². The van der Waals surface area contributed by atoms with Gasteiger partial charge in [-0.25, -0.2) is 13.8 Å². The summed E-state index contributed by atoms with van der Waals surface area (Å²) < 4.78 is 35.0. The van der Waals surface area contributed by atoms with Crippen LogP contribution in [-0.2, 0) is 9.53 Å². The molecule has 2 unspecified atom stereocenters. The summed E-state index contributed by atoms with van der Waals surface area (Å²) in [5.41, 5.74) is 0.752. The van der Waals surface area contributed by atoms with Crippen molar-refractivity contribution < 1.29 is 18.3 Å². The fourth-order valence-electron chi connectivity index (χ4n) is 6.05. The maximum Gasteiger partial charge on any atom is 0.268 e. The number of alkyl halides is 2. The predicted octanol–water partition coefficient (Wildman–Crippen LogP) is 4.15. The molecule has 3 saturated heterocycles. The van der Waals surface area contributed by atoms with Gasteiger partial charge in [0.05, 0.1) is 41.6 Å². The van der Waals surface area contributed by atoms with Crippen LogP contribution in [0, 0.1) is 12.3 Å². The smallest absolute Gasteiger partial charge is 0.268 e. The average Bonchev–Trinajstić information content (AvgIpc) is 3.28. The highest BCUT2D eigenvalue weighted by atomic mass is 19.3. The number of carbonyl (C=O) groups is 1. The molecule has 3 aliphatic rings. The molecule has 0 spiro atoms. The molecule has 0 aliphatic carbocycles. The van der Waals surface area contributed by atoms with Crippen molar-refractivity contribution in [2.75, 3.05) is 50.5 Å². The minimum atomic E-state index is -2.71. The SMILES string of the molecule is Cc1nn(C2CC3CCC(C2)N3C)cc1Nc1ncc(C(F)F)c(NCCCN2CCOCC(C)(C)C2=O)n1. The summed E-state index contributed by atoms with van der Waals surface area (Å²) in [7, 11) is 2.22. The molecule has 10 nitrogen and oxygen atoms in total. The van der Waals surface area contributed by atoms with Gasteiger partial charge in [0.2, 0.25) is 11.9 Å². The standard InChI is InChI=1S/C27H40F2N8O2/c1-17-22(15-37(34-17)20-12-18-6-7-19(13-20)35(18)4)32-26-31-14-21(23(28)29)24(33-26)30-8-5-9-36-10-11-39-16-27(2,3)25(36)38/h14-15,18-20,23H,5-13,16H2,1-4H3,(H2,30,31,32,33). The third-order valence-electron chi connectivity index (χ3n) is 8.39. The van der Waals surface area contributed by atoms with E-state index in [1.54, 1.807) is 4.90 Å². The summed E-state index contributed by atoms with van der Waals surface area (Å²) >= 11 is 0. The lowest BCUT2D eigenvalue weighted by Gasteiger charge is -2.36. The van der Waals surface area contributed by atoms with E-state index in [0.717, 1.165) is 30.4 Å². The summed E-state index contributed by atoms with van der Waals surface area (Å²) in [6, 6.07) is 1.55. The zero-order valence-electron chi connectivity index (χ0n) is 23.3. The number of nitrogens with one attached hydrogen (secondary N) is 2. The van der Waals surface area contributed by atoms with Crippen molar-refractivity contribution >= 4 is 23.4 Å². The number of aryl methyl sites for hydroxylation is 1. The van der Waals surface area contributed by atoms with Gasteiger partial charge in [0.1, 0.15) is 5.82 Å². The molecule has 2 aromatic heterocycles. The Balaban J connectivity index is 1.22. The van der Waals surface area contributed by atoms with E-state index in [2.05, 4.69) is 32.5 Å². The Labute approximate surface area is 228 Å². The zero-order chi connectivity index (χ0) is 27.7. The third kappa shape index (κ3) is 6.01. The second-order valence-electron chi connectivity index (χ2n) is 11.7. The molecule has 0 aromatic carbocycles. The number of halogens is 2. The molecule has 2 N–H and O–H groups in total. The molecule has 0 radical (unpaired) electrons. The van der Waals surface area contributed by atoms with Crippen LogP contribution in [0.4, 0.5) is 26.2 Å². The van der Waals surface area contributed by atoms with Crippen molar-refractivity contribution in [3.05, 3.63) is 23.7 Å². The lowest BCUT2D eigenvalue weighted by atomic mass is 9.93. The van der Waals surface area contributed by atoms with Gasteiger partial charge < -0.3 is 25.2 Å². The van der Waals surface area contributed by atoms with Gasteiger partial charge in [0.25, 0.3) is 6.43 Å². The van der Waals surface area contributed by atoms with Crippen LogP contribution in [-0.4, -0.2) is 87.4 Å². The van der Waals surface area contributed by atoms with E-state index >= 15 is 0 Å². The lowest BCUT2D eigenvalue weighted by molar-refractivity contribution is -0.139. The Morgan fingerprint density at radius 3 is 2.67 bits per heavy atom. The number of aromatic nitrogens is 4. The third-order valence-corrected chi connectivity index (χ3v) is 8.39. The first-order chi connectivity index (χ1) is 18.6. The maximum absolute atomic E-state index is 13.7. The Morgan fingerprint density at radius 1 is 1.21 bits per heavy atom. The summed E-state index contributed by atoms with van der Waals surface area (Å²) in [4.78, 5) is 25.6. The number of amides is 1. The van der Waals surface area contributed by atoms with Gasteiger partial charge in [0.15, 0.2) is 0 Å². The topological polar surface area (TPSA) is 100 Å². The molecular formula is C27H40F2N8O2. The number of hydrogen-bond donors (Lipinski definition) is 2. The molecule has 214 valence electrons. The van der Waals surface area contributed by atoms with Gasteiger partial charge in [-0.1, -0.05) is 0 Å². The molecule has 12 heteroatoms. The van der Waals surface area contributed by atoms with Crippen LogP contribution in [0.5, 0.6) is 0 Å². The first-order valence-electron chi connectivity index (χ1n) is 13.9. The van der Waals surface area contributed by atoms with E-state index in [9.17, 15) is 13.6 Å². The van der Waals surface area contributed by atoms with Crippen LogP contribution < -0.4 is 10.6 Å². The summed E-state index contributed by atoms with van der Waals surface area (Å²) in [6.45, 7) is 7.98. The van der Waals surface area contributed by atoms with Crippen molar-refractivity contribution in [1.82, 2.24) is 29.5 Å². The zero-order valence-corrected chi connectivity index (χ0v) is 23.3. The lowest BCUT2D eigenvalue weighted by Crippen LogP contribution is -2.42. The fraction of sp³-hybridized carbons (Fsp3) is 0.704. The van der Waals surface area contributed by atoms with Gasteiger partial charge in [-0.2, -0.15) is 10.1 Å². The van der Waals surface area contributed by atoms with Crippen LogP contribution in [0.15, 0.2) is 12.4 Å². The highest BCUT2D eigenvalue weighted by molar-refractivity contribution is 5.82. The molecule has 1 amide bonds. The summed E-state index contributed by atoms with van der Waals surface area (Å²) in [5.74, 6) is 0.366. The monoisotopic (exact) mass is 546 g/mol. The fourth-order valence-corrected chi connectivity index (χ4v) is 6.05. The highest BCUT2D eigenvalue weighted by Gasteiger charge is 2.39. The first kappa shape index (κ1) is 27.7. The minimum absolute atomic E-state index is 0.0469. The molecule has 3 aliphatic heterocycles. The molecular weight excluding hydrogens is 506 g/mol. The molecule has 39 heavy (non-hydrogen) atoms. The van der Waals surface area contributed by atoms with Gasteiger partial charge in [-0.05, 0) is 59.9 Å². The van der Waals surface area contributed by atoms with Crippen LogP contribution in [0.1, 0.15) is 69.7 Å². The van der Waals surface area contributed by atoms with Crippen LogP contribution in [0.3, 0.4) is 0 Å². The molecule has 3 fully saturated rings. The maximum atomic E-state index is 13.7. The predicted molar refractivity (Wildman–Crippen MR) is 144 cm³/mol. The molecule has 2 atom stereocenters. The molecule has 0 saturated carbocycles. The second-order valence-corrected chi connectivity index (χ2v) is 11.7. The normalized spacial score (nSPS) is 25.3. The van der Waals surface area contributed by atoms with Crippen molar-refractivity contribution in [2.24, 2.45) is 5.41 Å². The number of carbonyl (C=O) groups excluding carboxylic acids is 1. The number of fused-ring (bicyclic) bond motifs is 2. The Kier molecular flexibility index (Phi) is 8.04. The average molecular weight is 547 g/mol. The Bertz CT molecular complexity index is 1160. The van der Waals surface area contributed by atoms with Crippen LogP contribution >= 0.6 is 0 Å². The molecule has 2 aromatic rings. The van der Waals surface area contributed by atoms with Crippen LogP contribution in [0.25, 0.3) is 0 Å². The van der Waals surface area contributed by atoms with Crippen LogP contribution in [0.2, 0.25) is 0 Å². The van der Waals surface area contributed by atoms with Gasteiger partial charge in [-0.3, -0.25) is 9.48 Å². The van der Waals surface area contributed by atoms with Crippen molar-refractivity contribution in [3.63, 3.8) is 0 Å². The number of rotatable bonds is 9. The van der Waals surface area contributed by atoms with E-state index in [4.69, 9.17) is 9.84 Å². The van der Waals surface area contributed by atoms with E-state index in [0.29, 0.717) is 57.4 Å². The Morgan fingerprint density at radius 2 is 1.95 bits per heavy atom. The van der Waals surface area contributed by atoms with Crippen molar-refractivity contribution in [2.45, 2.75) is 77.4 Å². The second kappa shape index (κ2) is 11.3. The molecule has 2 bridgehead atoms. The number of anilines is 3. The van der Waals surface area contributed by atoms with Crippen molar-refractivity contribution in [3.8, 4) is 0 Å². The minimum Gasteiger partial charge on any atom is -0.379 e. The first-order valence-corrected chi connectivity index (χ1v) is 13.9. The summed E-state index contributed by atoms with van der Waals surface area (Å²) in [5, 5.41) is 11.0. The number of hydrogen-bond acceptors (Lipinski definition) is 8. The quantitative estimate of drug-likeness (QED) is 0.453. The number of nitrogens with zero attached hydrogens (tertiary/aromatic N) is 6. The van der Waals surface area contributed by atoms with Gasteiger partial charge in [0, 0.05) is 44.1 Å². The highest BCUT2D eigenvalue weighted by Crippen LogP contribution is 2.40. The molecule has 5 heterocycles. The largest absolute Gasteiger partial charge is 0.379 e. The van der Waals surface area contributed by atoms with E-state index in [1.807, 2.05) is 31.6 Å².